The van der Waals surface area contributed by atoms with Gasteiger partial charge in [0, 0.05) is 19.3 Å². The van der Waals surface area contributed by atoms with Gasteiger partial charge < -0.3 is 29.3 Å². The summed E-state index contributed by atoms with van der Waals surface area (Å²) in [6.07, 6.45) is 12.6. The minimum absolute atomic E-state index is 0.0431. The Hall–Kier alpha value is -2.26. The maximum atomic E-state index is 13.9. The first kappa shape index (κ1) is 28.3. The Morgan fingerprint density at radius 3 is 2.67 bits per heavy atom. The van der Waals surface area contributed by atoms with Crippen molar-refractivity contribution in [3.8, 4) is 0 Å². The van der Waals surface area contributed by atoms with Crippen molar-refractivity contribution in [1.29, 1.82) is 0 Å². The van der Waals surface area contributed by atoms with E-state index in [1.807, 2.05) is 12.2 Å². The smallest absolute Gasteiger partial charge is 0.316 e. The van der Waals surface area contributed by atoms with Crippen LogP contribution >= 0.6 is 0 Å². The van der Waals surface area contributed by atoms with Gasteiger partial charge in [-0.15, -0.1) is 0 Å². The molecule has 1 spiro atoms. The average molecular weight is 542 g/mol. The third-order valence-electron chi connectivity index (χ3n) is 9.25. The minimum Gasteiger partial charge on any atom is -0.462 e. The maximum Gasteiger partial charge on any atom is 0.316 e. The Balaban J connectivity index is 1.53. The first-order valence-electron chi connectivity index (χ1n) is 14.4. The number of nitrogens with zero attached hydrogens (tertiary/aromatic N) is 1. The maximum absolute atomic E-state index is 13.9. The fourth-order valence-corrected chi connectivity index (χ4v) is 6.85. The highest BCUT2D eigenvalue weighted by Crippen LogP contribution is 2.46. The van der Waals surface area contributed by atoms with Crippen molar-refractivity contribution < 1.29 is 34.1 Å². The largest absolute Gasteiger partial charge is 0.462 e. The fourth-order valence-electron chi connectivity index (χ4n) is 6.85. The number of hydrogen-bond donors (Lipinski definition) is 2. The number of aliphatic hydroxyl groups is 1. The second-order valence-corrected chi connectivity index (χ2v) is 12.4. The van der Waals surface area contributed by atoms with E-state index >= 15 is 0 Å². The molecule has 9 atom stereocenters. The van der Waals surface area contributed by atoms with E-state index in [1.54, 1.807) is 13.0 Å². The highest BCUT2D eigenvalue weighted by Gasteiger charge is 2.59. The summed E-state index contributed by atoms with van der Waals surface area (Å²) in [6.45, 7) is 10.4. The van der Waals surface area contributed by atoms with E-state index in [4.69, 9.17) is 18.9 Å². The Bertz CT molecular complexity index is 1120. The topological polar surface area (TPSA) is 107 Å². The van der Waals surface area contributed by atoms with Crippen LogP contribution in [0.5, 0.6) is 0 Å². The van der Waals surface area contributed by atoms with Gasteiger partial charge in [0.05, 0.1) is 18.8 Å². The van der Waals surface area contributed by atoms with E-state index in [-0.39, 0.29) is 30.4 Å². The first-order valence-corrected chi connectivity index (χ1v) is 14.4. The number of carbonyl (C=O) groups is 1. The molecule has 5 rings (SSSR count). The molecule has 2 bridgehead atoms. The second kappa shape index (κ2) is 11.0. The van der Waals surface area contributed by atoms with Gasteiger partial charge in [-0.05, 0) is 63.0 Å². The number of rotatable bonds is 0. The van der Waals surface area contributed by atoms with Gasteiger partial charge in [0.2, 0.25) is 0 Å². The van der Waals surface area contributed by atoms with Crippen LogP contribution in [0.25, 0.3) is 0 Å². The second-order valence-electron chi connectivity index (χ2n) is 12.4. The van der Waals surface area contributed by atoms with Crippen molar-refractivity contribution in [2.75, 3.05) is 6.61 Å². The summed E-state index contributed by atoms with van der Waals surface area (Å²) in [5, 5.41) is 25.2. The number of oxime groups is 1. The molecule has 214 valence electrons. The lowest BCUT2D eigenvalue weighted by Gasteiger charge is -2.49. The predicted molar refractivity (Wildman–Crippen MR) is 146 cm³/mol. The summed E-state index contributed by atoms with van der Waals surface area (Å²) < 4.78 is 25.3. The van der Waals surface area contributed by atoms with E-state index in [9.17, 15) is 15.1 Å². The zero-order valence-electron chi connectivity index (χ0n) is 23.8. The minimum atomic E-state index is -1.72. The third-order valence-corrected chi connectivity index (χ3v) is 9.25. The monoisotopic (exact) mass is 541 g/mol. The lowest BCUT2D eigenvalue weighted by Crippen LogP contribution is -2.57. The van der Waals surface area contributed by atoms with Crippen LogP contribution in [0.15, 0.2) is 52.3 Å². The molecule has 0 radical (unpaired) electrons. The van der Waals surface area contributed by atoms with E-state index in [0.29, 0.717) is 36.3 Å². The number of allylic oxidation sites excluding steroid dienone is 4. The molecule has 0 aromatic rings. The Labute approximate surface area is 231 Å². The lowest BCUT2D eigenvalue weighted by atomic mass is 9.71. The summed E-state index contributed by atoms with van der Waals surface area (Å²) in [4.78, 5) is 13.9. The van der Waals surface area contributed by atoms with Gasteiger partial charge in [-0.2, -0.15) is 0 Å². The molecule has 0 unspecified atom stereocenters. The molecule has 5 aliphatic rings. The van der Waals surface area contributed by atoms with Crippen molar-refractivity contribution in [3.05, 3.63) is 47.1 Å². The van der Waals surface area contributed by atoms with Gasteiger partial charge in [0.25, 0.3) is 0 Å². The van der Waals surface area contributed by atoms with Crippen LogP contribution in [0.2, 0.25) is 0 Å². The van der Waals surface area contributed by atoms with Crippen LogP contribution in [0.4, 0.5) is 0 Å². The molecule has 4 aliphatic heterocycles. The normalized spacial score (nSPS) is 45.7. The van der Waals surface area contributed by atoms with E-state index in [0.717, 1.165) is 19.3 Å². The molecule has 8 nitrogen and oxygen atoms in total. The molecule has 39 heavy (non-hydrogen) atoms. The average Bonchev–Trinajstić information content (AvgIpc) is 3.21. The summed E-state index contributed by atoms with van der Waals surface area (Å²) in [6, 6.07) is 0. The van der Waals surface area contributed by atoms with Gasteiger partial charge in [-0.25, -0.2) is 0 Å². The fraction of sp³-hybridized carbons (Fsp3) is 0.677. The predicted octanol–water partition coefficient (Wildman–Crippen LogP) is 5.00. The molecule has 3 fully saturated rings. The standard InChI is InChI=1S/C31H43NO7/c1-18-7-6-8-23-17-36-28-27(32-35)21(4)14-26(31(23,28)34)29(33)37-25-15-24(10-9-19(2)13-18)39-30(16-25)12-11-20(3)22(5)38-30/h6-9,14,18,20,22,24-26,28,34-35H,10-13,15-17H2,1-5H3/b7-6?,19-9-,23-8?,32-27-/t18-,20-,22+,24+,25-,26-,28+,30-,31+/m0/s1. The van der Waals surface area contributed by atoms with Crippen molar-refractivity contribution >= 4 is 11.7 Å². The highest BCUT2D eigenvalue weighted by molar-refractivity contribution is 6.06. The molecular weight excluding hydrogens is 498 g/mol. The van der Waals surface area contributed by atoms with Crippen LogP contribution in [-0.2, 0) is 23.7 Å². The van der Waals surface area contributed by atoms with Gasteiger partial charge >= 0.3 is 5.97 Å². The van der Waals surface area contributed by atoms with E-state index in [2.05, 4.69) is 45.0 Å². The zero-order chi connectivity index (χ0) is 27.9. The van der Waals surface area contributed by atoms with Crippen molar-refractivity contribution in [3.63, 3.8) is 0 Å². The molecule has 1 aliphatic carbocycles. The zero-order valence-corrected chi connectivity index (χ0v) is 23.8. The summed E-state index contributed by atoms with van der Waals surface area (Å²) >= 11 is 0. The quantitative estimate of drug-likeness (QED) is 0.192. The molecule has 0 saturated carbocycles. The first-order chi connectivity index (χ1) is 18.5. The van der Waals surface area contributed by atoms with Gasteiger partial charge in [0.1, 0.15) is 29.4 Å². The van der Waals surface area contributed by atoms with Crippen molar-refractivity contribution in [2.45, 2.75) is 109 Å². The molecule has 3 saturated heterocycles. The highest BCUT2D eigenvalue weighted by atomic mass is 16.7. The molecule has 0 amide bonds. The number of fused-ring (bicyclic) bond motifs is 2. The summed E-state index contributed by atoms with van der Waals surface area (Å²) in [5.74, 6) is -1.62. The van der Waals surface area contributed by atoms with E-state index < -0.39 is 35.5 Å². The van der Waals surface area contributed by atoms with Crippen LogP contribution in [0.1, 0.15) is 73.1 Å². The molecule has 4 heterocycles. The lowest BCUT2D eigenvalue weighted by molar-refractivity contribution is -0.332. The van der Waals surface area contributed by atoms with E-state index in [1.165, 1.54) is 5.57 Å². The summed E-state index contributed by atoms with van der Waals surface area (Å²) in [7, 11) is 0. The molecule has 2 N–H and O–H groups in total. The Kier molecular flexibility index (Phi) is 7.94. The SMILES string of the molecule is CC1=C[C@H]2C(=O)O[C@H]3C[C@@H](C/C=C(/C)C[C@@H](C)C=CC=C4CO[C@H](/C1=N\O)[C@@]42O)O[C@@]1(CC[C@H](C)[C@@H](C)O1)C3. The molecular formula is C31H43NO7. The third kappa shape index (κ3) is 5.41. The number of esters is 1. The number of carbonyl (C=O) groups excluding carboxylic acids is 1. The van der Waals surface area contributed by atoms with Crippen molar-refractivity contribution in [1.82, 2.24) is 0 Å². The van der Waals surface area contributed by atoms with Crippen LogP contribution in [0, 0.1) is 17.8 Å². The number of hydrogen-bond acceptors (Lipinski definition) is 8. The summed E-state index contributed by atoms with van der Waals surface area (Å²) in [5.41, 5.74) is 0.916. The van der Waals surface area contributed by atoms with Crippen molar-refractivity contribution in [2.24, 2.45) is 22.9 Å². The van der Waals surface area contributed by atoms with Gasteiger partial charge in [0.15, 0.2) is 5.79 Å². The van der Waals surface area contributed by atoms with Gasteiger partial charge in [-0.1, -0.05) is 55.0 Å². The number of ether oxygens (including phenoxy) is 4. The van der Waals surface area contributed by atoms with Crippen LogP contribution < -0.4 is 0 Å². The van der Waals surface area contributed by atoms with Gasteiger partial charge in [-0.3, -0.25) is 4.79 Å². The molecule has 8 heteroatoms. The van der Waals surface area contributed by atoms with Crippen LogP contribution in [0.3, 0.4) is 0 Å². The van der Waals surface area contributed by atoms with Crippen LogP contribution in [-0.4, -0.2) is 64.4 Å². The Morgan fingerprint density at radius 1 is 1.13 bits per heavy atom. The molecule has 0 aromatic carbocycles. The molecule has 0 aromatic heterocycles. The Morgan fingerprint density at radius 2 is 1.92 bits per heavy atom.